The Bertz CT molecular complexity index is 178. The zero-order valence-corrected chi connectivity index (χ0v) is 11.3. The standard InChI is InChI=1S/C14H29NO/c1-14(2,3)10-13(11-16)15-12-8-6-4-5-7-9-12/h12-13,15-16H,4-11H2,1-3H3. The van der Waals surface area contributed by atoms with E-state index < -0.39 is 0 Å². The predicted molar refractivity (Wildman–Crippen MR) is 69.6 cm³/mol. The summed E-state index contributed by atoms with van der Waals surface area (Å²) >= 11 is 0. The van der Waals surface area contributed by atoms with Crippen molar-refractivity contribution in [2.75, 3.05) is 6.61 Å². The van der Waals surface area contributed by atoms with Crippen molar-refractivity contribution in [1.29, 1.82) is 0 Å². The van der Waals surface area contributed by atoms with E-state index in [1.54, 1.807) is 0 Å². The van der Waals surface area contributed by atoms with Crippen LogP contribution in [0.5, 0.6) is 0 Å². The second-order valence-corrected chi connectivity index (χ2v) is 6.50. The van der Waals surface area contributed by atoms with Gasteiger partial charge >= 0.3 is 0 Å². The smallest absolute Gasteiger partial charge is 0.0584 e. The van der Waals surface area contributed by atoms with Gasteiger partial charge in [0.2, 0.25) is 0 Å². The van der Waals surface area contributed by atoms with E-state index in [2.05, 4.69) is 26.1 Å². The third-order valence-corrected chi connectivity index (χ3v) is 3.41. The molecule has 1 aliphatic carbocycles. The number of hydrogen-bond acceptors (Lipinski definition) is 2. The van der Waals surface area contributed by atoms with Gasteiger partial charge in [-0.2, -0.15) is 0 Å². The summed E-state index contributed by atoms with van der Waals surface area (Å²) in [6.07, 6.45) is 9.13. The van der Waals surface area contributed by atoms with Gasteiger partial charge in [0, 0.05) is 12.1 Å². The van der Waals surface area contributed by atoms with Gasteiger partial charge < -0.3 is 10.4 Å². The first-order valence-electron chi connectivity index (χ1n) is 6.88. The highest BCUT2D eigenvalue weighted by atomic mass is 16.3. The van der Waals surface area contributed by atoms with Crippen molar-refractivity contribution in [1.82, 2.24) is 5.32 Å². The average Bonchev–Trinajstić information content (AvgIpc) is 2.43. The number of rotatable bonds is 4. The maximum atomic E-state index is 9.43. The maximum Gasteiger partial charge on any atom is 0.0584 e. The Labute approximate surface area is 101 Å². The normalized spacial score (nSPS) is 21.8. The van der Waals surface area contributed by atoms with Gasteiger partial charge in [0.25, 0.3) is 0 Å². The van der Waals surface area contributed by atoms with Crippen molar-refractivity contribution in [3.8, 4) is 0 Å². The van der Waals surface area contributed by atoms with Gasteiger partial charge in [-0.3, -0.25) is 0 Å². The van der Waals surface area contributed by atoms with Gasteiger partial charge in [-0.05, 0) is 24.7 Å². The van der Waals surface area contributed by atoms with Crippen LogP contribution in [0.25, 0.3) is 0 Å². The highest BCUT2D eigenvalue weighted by molar-refractivity contribution is 4.79. The van der Waals surface area contributed by atoms with E-state index in [0.717, 1.165) is 6.42 Å². The highest BCUT2D eigenvalue weighted by Gasteiger charge is 2.21. The maximum absolute atomic E-state index is 9.43. The van der Waals surface area contributed by atoms with Gasteiger partial charge in [-0.25, -0.2) is 0 Å². The van der Waals surface area contributed by atoms with Gasteiger partial charge in [-0.15, -0.1) is 0 Å². The molecule has 1 saturated carbocycles. The molecule has 1 fully saturated rings. The minimum absolute atomic E-state index is 0.272. The number of aliphatic hydroxyl groups is 1. The van der Waals surface area contributed by atoms with Gasteiger partial charge in [0.1, 0.15) is 0 Å². The fourth-order valence-corrected chi connectivity index (χ4v) is 2.69. The van der Waals surface area contributed by atoms with Crippen LogP contribution in [0.3, 0.4) is 0 Å². The van der Waals surface area contributed by atoms with Crippen LogP contribution in [0.2, 0.25) is 0 Å². The molecule has 0 amide bonds. The van der Waals surface area contributed by atoms with Crippen molar-refractivity contribution in [2.24, 2.45) is 5.41 Å². The number of aliphatic hydroxyl groups excluding tert-OH is 1. The lowest BCUT2D eigenvalue weighted by atomic mass is 9.88. The summed E-state index contributed by atoms with van der Waals surface area (Å²) in [5.41, 5.74) is 0.297. The van der Waals surface area contributed by atoms with Crippen LogP contribution in [-0.2, 0) is 0 Å². The van der Waals surface area contributed by atoms with E-state index in [0.29, 0.717) is 11.5 Å². The first-order valence-corrected chi connectivity index (χ1v) is 6.88. The third kappa shape index (κ3) is 5.86. The monoisotopic (exact) mass is 227 g/mol. The van der Waals surface area contributed by atoms with Crippen molar-refractivity contribution < 1.29 is 5.11 Å². The molecular formula is C14H29NO. The summed E-state index contributed by atoms with van der Waals surface area (Å²) in [4.78, 5) is 0. The zero-order chi connectivity index (χ0) is 12.0. The molecule has 2 nitrogen and oxygen atoms in total. The van der Waals surface area contributed by atoms with Crippen LogP contribution in [0.1, 0.15) is 65.7 Å². The second kappa shape index (κ2) is 6.61. The molecule has 0 aromatic carbocycles. The fourth-order valence-electron chi connectivity index (χ4n) is 2.69. The van der Waals surface area contributed by atoms with Crippen LogP contribution in [0.15, 0.2) is 0 Å². The van der Waals surface area contributed by atoms with E-state index in [1.807, 2.05) is 0 Å². The topological polar surface area (TPSA) is 32.3 Å². The second-order valence-electron chi connectivity index (χ2n) is 6.50. The summed E-state index contributed by atoms with van der Waals surface area (Å²) in [7, 11) is 0. The first kappa shape index (κ1) is 14.0. The van der Waals surface area contributed by atoms with E-state index in [1.165, 1.54) is 38.5 Å². The van der Waals surface area contributed by atoms with Gasteiger partial charge in [0.05, 0.1) is 6.61 Å². The molecule has 0 aromatic rings. The summed E-state index contributed by atoms with van der Waals surface area (Å²) < 4.78 is 0. The Morgan fingerprint density at radius 1 is 1.12 bits per heavy atom. The summed E-state index contributed by atoms with van der Waals surface area (Å²) in [5.74, 6) is 0. The minimum Gasteiger partial charge on any atom is -0.395 e. The minimum atomic E-state index is 0.272. The Balaban J connectivity index is 2.36. The summed E-state index contributed by atoms with van der Waals surface area (Å²) in [5, 5.41) is 13.1. The van der Waals surface area contributed by atoms with Crippen molar-refractivity contribution in [3.05, 3.63) is 0 Å². The molecule has 0 saturated heterocycles. The van der Waals surface area contributed by atoms with E-state index >= 15 is 0 Å². The zero-order valence-electron chi connectivity index (χ0n) is 11.3. The number of nitrogens with one attached hydrogen (secondary N) is 1. The molecule has 2 heteroatoms. The number of hydrogen-bond donors (Lipinski definition) is 2. The molecule has 0 aromatic heterocycles. The van der Waals surface area contributed by atoms with Crippen molar-refractivity contribution >= 4 is 0 Å². The van der Waals surface area contributed by atoms with Gasteiger partial charge in [0.15, 0.2) is 0 Å². The molecule has 96 valence electrons. The molecule has 2 N–H and O–H groups in total. The van der Waals surface area contributed by atoms with Crippen molar-refractivity contribution in [2.45, 2.75) is 77.8 Å². The van der Waals surface area contributed by atoms with Crippen LogP contribution < -0.4 is 5.32 Å². The average molecular weight is 227 g/mol. The highest BCUT2D eigenvalue weighted by Crippen LogP contribution is 2.23. The largest absolute Gasteiger partial charge is 0.395 e. The lowest BCUT2D eigenvalue weighted by molar-refractivity contribution is 0.184. The molecule has 1 unspecified atom stereocenters. The van der Waals surface area contributed by atoms with Crippen molar-refractivity contribution in [3.63, 3.8) is 0 Å². The van der Waals surface area contributed by atoms with E-state index in [4.69, 9.17) is 0 Å². The van der Waals surface area contributed by atoms with Crippen LogP contribution in [0, 0.1) is 5.41 Å². The lowest BCUT2D eigenvalue weighted by Gasteiger charge is -2.29. The first-order chi connectivity index (χ1) is 7.51. The van der Waals surface area contributed by atoms with Crippen LogP contribution in [0.4, 0.5) is 0 Å². The molecule has 0 heterocycles. The van der Waals surface area contributed by atoms with E-state index in [-0.39, 0.29) is 12.6 Å². The Morgan fingerprint density at radius 2 is 1.69 bits per heavy atom. The van der Waals surface area contributed by atoms with Crippen LogP contribution >= 0.6 is 0 Å². The molecule has 0 aliphatic heterocycles. The van der Waals surface area contributed by atoms with Crippen LogP contribution in [-0.4, -0.2) is 23.8 Å². The molecule has 1 aliphatic rings. The lowest BCUT2D eigenvalue weighted by Crippen LogP contribution is -2.42. The third-order valence-electron chi connectivity index (χ3n) is 3.41. The molecule has 0 bridgehead atoms. The van der Waals surface area contributed by atoms with Gasteiger partial charge in [-0.1, -0.05) is 46.5 Å². The quantitative estimate of drug-likeness (QED) is 0.723. The molecule has 1 atom stereocenters. The molecule has 1 rings (SSSR count). The Hall–Kier alpha value is -0.0800. The summed E-state index contributed by atoms with van der Waals surface area (Å²) in [6, 6.07) is 0.921. The Kier molecular flexibility index (Phi) is 5.77. The summed E-state index contributed by atoms with van der Waals surface area (Å²) in [6.45, 7) is 6.99. The molecule has 0 radical (unpaired) electrons. The Morgan fingerprint density at radius 3 is 2.12 bits per heavy atom. The van der Waals surface area contributed by atoms with E-state index in [9.17, 15) is 5.11 Å². The molecule has 0 spiro atoms. The SMILES string of the molecule is CC(C)(C)CC(CO)NC1CCCCCC1. The predicted octanol–water partition coefficient (Wildman–Crippen LogP) is 3.10. The fraction of sp³-hybridized carbons (Fsp3) is 1.00. The molecule has 16 heavy (non-hydrogen) atoms. The molecular weight excluding hydrogens is 198 g/mol.